The molecule has 18 heavy (non-hydrogen) atoms. The van der Waals surface area contributed by atoms with Crippen LogP contribution in [0.25, 0.3) is 0 Å². The topological polar surface area (TPSA) is 56.5 Å². The van der Waals surface area contributed by atoms with Gasteiger partial charge in [0.2, 0.25) is 0 Å². The molecule has 0 aliphatic carbocycles. The third-order valence-electron chi connectivity index (χ3n) is 3.64. The fourth-order valence-electron chi connectivity index (χ4n) is 2.25. The molecule has 0 amide bonds. The third kappa shape index (κ3) is 3.15. The van der Waals surface area contributed by atoms with E-state index in [0.717, 1.165) is 43.2 Å². The monoisotopic (exact) mass is 250 g/mol. The van der Waals surface area contributed by atoms with E-state index in [1.807, 2.05) is 18.2 Å². The molecule has 4 nitrogen and oxygen atoms in total. The summed E-state index contributed by atoms with van der Waals surface area (Å²) in [7, 11) is 1.65. The normalized spacial score (nSPS) is 20.9. The Morgan fingerprint density at radius 2 is 2.39 bits per heavy atom. The first-order valence-corrected chi connectivity index (χ1v) is 6.44. The molecule has 0 radical (unpaired) electrons. The SMILES string of the molecule is COc1ccc(CNC(C)C2CCOC2)c(N)c1. The Hall–Kier alpha value is -1.26. The molecule has 0 saturated carbocycles. The summed E-state index contributed by atoms with van der Waals surface area (Å²) in [4.78, 5) is 0. The number of rotatable bonds is 5. The van der Waals surface area contributed by atoms with Crippen LogP contribution in [0.15, 0.2) is 18.2 Å². The first-order valence-electron chi connectivity index (χ1n) is 6.44. The molecule has 1 aromatic carbocycles. The lowest BCUT2D eigenvalue weighted by molar-refractivity contribution is 0.178. The van der Waals surface area contributed by atoms with E-state index in [2.05, 4.69) is 12.2 Å². The molecule has 1 aliphatic heterocycles. The van der Waals surface area contributed by atoms with Gasteiger partial charge < -0.3 is 20.5 Å². The maximum absolute atomic E-state index is 5.99. The maximum Gasteiger partial charge on any atom is 0.120 e. The molecule has 2 unspecified atom stereocenters. The summed E-state index contributed by atoms with van der Waals surface area (Å²) in [5.41, 5.74) is 7.88. The lowest BCUT2D eigenvalue weighted by atomic mass is 10.0. The summed E-state index contributed by atoms with van der Waals surface area (Å²) in [5, 5.41) is 3.52. The van der Waals surface area contributed by atoms with E-state index in [9.17, 15) is 0 Å². The standard InChI is InChI=1S/C14H22N2O2/c1-10(12-5-6-18-9-12)16-8-11-3-4-13(17-2)7-14(11)15/h3-4,7,10,12,16H,5-6,8-9,15H2,1-2H3. The van der Waals surface area contributed by atoms with Gasteiger partial charge in [-0.25, -0.2) is 0 Å². The van der Waals surface area contributed by atoms with Gasteiger partial charge in [0.1, 0.15) is 5.75 Å². The highest BCUT2D eigenvalue weighted by atomic mass is 16.5. The van der Waals surface area contributed by atoms with Crippen molar-refractivity contribution < 1.29 is 9.47 Å². The highest BCUT2D eigenvalue weighted by Gasteiger charge is 2.21. The summed E-state index contributed by atoms with van der Waals surface area (Å²) in [5.74, 6) is 1.41. The molecule has 100 valence electrons. The highest BCUT2D eigenvalue weighted by Crippen LogP contribution is 2.21. The molecule has 0 bridgehead atoms. The Morgan fingerprint density at radius 3 is 3.00 bits per heavy atom. The van der Waals surface area contributed by atoms with Crippen molar-refractivity contribution in [1.29, 1.82) is 0 Å². The van der Waals surface area contributed by atoms with Crippen LogP contribution < -0.4 is 15.8 Å². The van der Waals surface area contributed by atoms with Gasteiger partial charge in [-0.2, -0.15) is 0 Å². The number of nitrogens with one attached hydrogen (secondary N) is 1. The maximum atomic E-state index is 5.99. The van der Waals surface area contributed by atoms with Crippen LogP contribution in [-0.4, -0.2) is 26.4 Å². The molecule has 1 saturated heterocycles. The van der Waals surface area contributed by atoms with Gasteiger partial charge in [0.05, 0.1) is 13.7 Å². The second kappa shape index (κ2) is 6.07. The summed E-state index contributed by atoms with van der Waals surface area (Å²) in [6.07, 6.45) is 1.15. The molecule has 1 heterocycles. The highest BCUT2D eigenvalue weighted by molar-refractivity contribution is 5.51. The van der Waals surface area contributed by atoms with Gasteiger partial charge in [-0.1, -0.05) is 6.07 Å². The number of hydrogen-bond acceptors (Lipinski definition) is 4. The van der Waals surface area contributed by atoms with Gasteiger partial charge in [-0.05, 0) is 30.9 Å². The Balaban J connectivity index is 1.89. The molecular weight excluding hydrogens is 228 g/mol. The van der Waals surface area contributed by atoms with Crippen LogP contribution in [-0.2, 0) is 11.3 Å². The third-order valence-corrected chi connectivity index (χ3v) is 3.64. The second-order valence-corrected chi connectivity index (χ2v) is 4.86. The largest absolute Gasteiger partial charge is 0.497 e. The summed E-state index contributed by atoms with van der Waals surface area (Å²) >= 11 is 0. The van der Waals surface area contributed by atoms with Crippen LogP contribution in [0.2, 0.25) is 0 Å². The molecule has 1 aliphatic rings. The van der Waals surface area contributed by atoms with Gasteiger partial charge in [-0.15, -0.1) is 0 Å². The average Bonchev–Trinajstić information content (AvgIpc) is 2.90. The van der Waals surface area contributed by atoms with Crippen LogP contribution >= 0.6 is 0 Å². The number of nitrogens with two attached hydrogens (primary N) is 1. The average molecular weight is 250 g/mol. The van der Waals surface area contributed by atoms with E-state index < -0.39 is 0 Å². The van der Waals surface area contributed by atoms with Gasteiger partial charge in [0.15, 0.2) is 0 Å². The van der Waals surface area contributed by atoms with E-state index in [-0.39, 0.29) is 0 Å². The zero-order valence-electron chi connectivity index (χ0n) is 11.1. The summed E-state index contributed by atoms with van der Waals surface area (Å²) < 4.78 is 10.5. The lowest BCUT2D eigenvalue weighted by Crippen LogP contribution is -2.33. The van der Waals surface area contributed by atoms with Gasteiger partial charge in [0.25, 0.3) is 0 Å². The van der Waals surface area contributed by atoms with Crippen LogP contribution in [0.4, 0.5) is 5.69 Å². The Morgan fingerprint density at radius 1 is 1.56 bits per heavy atom. The van der Waals surface area contributed by atoms with E-state index in [1.165, 1.54) is 0 Å². The molecule has 1 aromatic rings. The van der Waals surface area contributed by atoms with Crippen molar-refractivity contribution >= 4 is 5.69 Å². The number of anilines is 1. The molecule has 3 N–H and O–H groups in total. The first-order chi connectivity index (χ1) is 8.70. The van der Waals surface area contributed by atoms with Crippen molar-refractivity contribution in [3.8, 4) is 5.75 Å². The van der Waals surface area contributed by atoms with Gasteiger partial charge in [0, 0.05) is 30.9 Å². The van der Waals surface area contributed by atoms with E-state index in [4.69, 9.17) is 15.2 Å². The van der Waals surface area contributed by atoms with Crippen molar-refractivity contribution in [2.75, 3.05) is 26.1 Å². The molecule has 0 spiro atoms. The molecule has 4 heteroatoms. The number of ether oxygens (including phenoxy) is 2. The zero-order chi connectivity index (χ0) is 13.0. The Bertz CT molecular complexity index is 389. The van der Waals surface area contributed by atoms with Crippen LogP contribution in [0.1, 0.15) is 18.9 Å². The minimum Gasteiger partial charge on any atom is -0.497 e. The second-order valence-electron chi connectivity index (χ2n) is 4.86. The van der Waals surface area contributed by atoms with Crippen molar-refractivity contribution in [2.45, 2.75) is 25.9 Å². The molecular formula is C14H22N2O2. The predicted octanol–water partition coefficient (Wildman–Crippen LogP) is 1.79. The van der Waals surface area contributed by atoms with Crippen molar-refractivity contribution in [3.05, 3.63) is 23.8 Å². The minimum atomic E-state index is 0.453. The molecule has 2 rings (SSSR count). The van der Waals surface area contributed by atoms with E-state index >= 15 is 0 Å². The summed E-state index contributed by atoms with van der Waals surface area (Å²) in [6, 6.07) is 6.27. The zero-order valence-corrected chi connectivity index (χ0v) is 11.1. The summed E-state index contributed by atoms with van der Waals surface area (Å²) in [6.45, 7) is 4.75. The van der Waals surface area contributed by atoms with Crippen LogP contribution in [0.5, 0.6) is 5.75 Å². The fraction of sp³-hybridized carbons (Fsp3) is 0.571. The van der Waals surface area contributed by atoms with Crippen molar-refractivity contribution in [1.82, 2.24) is 5.32 Å². The number of methoxy groups -OCH3 is 1. The fourth-order valence-corrected chi connectivity index (χ4v) is 2.25. The molecule has 0 aromatic heterocycles. The molecule has 2 atom stereocenters. The quantitative estimate of drug-likeness (QED) is 0.782. The van der Waals surface area contributed by atoms with Gasteiger partial charge >= 0.3 is 0 Å². The number of benzene rings is 1. The molecule has 1 fully saturated rings. The first kappa shape index (κ1) is 13.2. The number of nitrogen functional groups attached to an aromatic ring is 1. The van der Waals surface area contributed by atoms with E-state index in [1.54, 1.807) is 7.11 Å². The smallest absolute Gasteiger partial charge is 0.120 e. The van der Waals surface area contributed by atoms with Crippen molar-refractivity contribution in [3.63, 3.8) is 0 Å². The van der Waals surface area contributed by atoms with Gasteiger partial charge in [-0.3, -0.25) is 0 Å². The predicted molar refractivity (Wildman–Crippen MR) is 72.6 cm³/mol. The van der Waals surface area contributed by atoms with E-state index in [0.29, 0.717) is 12.0 Å². The Kier molecular flexibility index (Phi) is 4.44. The lowest BCUT2D eigenvalue weighted by Gasteiger charge is -2.20. The minimum absolute atomic E-state index is 0.453. The Labute approximate surface area is 108 Å². The van der Waals surface area contributed by atoms with Crippen LogP contribution in [0, 0.1) is 5.92 Å². The van der Waals surface area contributed by atoms with Crippen molar-refractivity contribution in [2.24, 2.45) is 5.92 Å². The van der Waals surface area contributed by atoms with Crippen LogP contribution in [0.3, 0.4) is 0 Å². The number of hydrogen-bond donors (Lipinski definition) is 2.